The zero-order valence-corrected chi connectivity index (χ0v) is 12.3. The second-order valence-electron chi connectivity index (χ2n) is 5.53. The molecule has 2 aromatic rings. The van der Waals surface area contributed by atoms with Gasteiger partial charge in [0, 0.05) is 10.3 Å². The lowest BCUT2D eigenvalue weighted by Crippen LogP contribution is -2.16. The molecular weight excluding hydrogens is 252 g/mol. The summed E-state index contributed by atoms with van der Waals surface area (Å²) in [7, 11) is 0. The lowest BCUT2D eigenvalue weighted by molar-refractivity contribution is -0.117. The molecule has 0 heterocycles. The zero-order chi connectivity index (χ0) is 13.9. The fraction of sp³-hybridized carbons (Fsp3) is 0.235. The van der Waals surface area contributed by atoms with Gasteiger partial charge in [0.05, 0.1) is 0 Å². The molecule has 2 rings (SSSR count). The van der Waals surface area contributed by atoms with E-state index in [1.807, 2.05) is 51.1 Å². The van der Waals surface area contributed by atoms with Crippen LogP contribution in [0.5, 0.6) is 0 Å². The van der Waals surface area contributed by atoms with E-state index in [0.717, 1.165) is 4.90 Å². The first kappa shape index (κ1) is 13.9. The summed E-state index contributed by atoms with van der Waals surface area (Å²) in [5, 5.41) is 0.194. The van der Waals surface area contributed by atoms with E-state index in [2.05, 4.69) is 24.3 Å². The quantitative estimate of drug-likeness (QED) is 0.713. The highest BCUT2D eigenvalue weighted by Gasteiger charge is 2.22. The summed E-state index contributed by atoms with van der Waals surface area (Å²) < 4.78 is 0. The van der Waals surface area contributed by atoms with Crippen LogP contribution in [0, 0.1) is 5.41 Å². The summed E-state index contributed by atoms with van der Waals surface area (Å²) in [5.74, 6) is 0. The van der Waals surface area contributed by atoms with Crippen LogP contribution in [0.4, 0.5) is 0 Å². The van der Waals surface area contributed by atoms with Crippen LogP contribution in [0.2, 0.25) is 0 Å². The molecule has 2 heteroatoms. The summed E-state index contributed by atoms with van der Waals surface area (Å²) in [6, 6.07) is 18.4. The van der Waals surface area contributed by atoms with Crippen molar-refractivity contribution in [2.45, 2.75) is 25.7 Å². The van der Waals surface area contributed by atoms with Crippen molar-refractivity contribution in [1.82, 2.24) is 0 Å². The monoisotopic (exact) mass is 270 g/mol. The molecule has 98 valence electrons. The Kier molecular flexibility index (Phi) is 4.11. The molecule has 2 aromatic carbocycles. The van der Waals surface area contributed by atoms with Gasteiger partial charge < -0.3 is 0 Å². The molecule has 0 saturated heterocycles. The second kappa shape index (κ2) is 5.62. The summed E-state index contributed by atoms with van der Waals surface area (Å²) in [6.45, 7) is 5.84. The van der Waals surface area contributed by atoms with Gasteiger partial charge in [-0.1, -0.05) is 75.0 Å². The van der Waals surface area contributed by atoms with E-state index >= 15 is 0 Å². The number of hydrogen-bond acceptors (Lipinski definition) is 2. The third kappa shape index (κ3) is 3.71. The molecule has 0 aliphatic heterocycles. The average molecular weight is 270 g/mol. The molecule has 0 fully saturated rings. The summed E-state index contributed by atoms with van der Waals surface area (Å²) >= 11 is 1.32. The fourth-order valence-corrected chi connectivity index (χ4v) is 2.40. The summed E-state index contributed by atoms with van der Waals surface area (Å²) in [6.07, 6.45) is 0. The van der Waals surface area contributed by atoms with Crippen molar-refractivity contribution in [3.05, 3.63) is 54.6 Å². The Morgan fingerprint density at radius 1 is 0.842 bits per heavy atom. The number of carbonyl (C=O) groups excluding carboxylic acids is 1. The van der Waals surface area contributed by atoms with E-state index < -0.39 is 0 Å². The van der Waals surface area contributed by atoms with Gasteiger partial charge in [0.25, 0.3) is 0 Å². The van der Waals surface area contributed by atoms with Crippen LogP contribution in [0.3, 0.4) is 0 Å². The minimum absolute atomic E-state index is 0.194. The van der Waals surface area contributed by atoms with Crippen molar-refractivity contribution in [1.29, 1.82) is 0 Å². The van der Waals surface area contributed by atoms with Gasteiger partial charge >= 0.3 is 0 Å². The highest BCUT2D eigenvalue weighted by atomic mass is 32.2. The molecule has 0 aliphatic rings. The van der Waals surface area contributed by atoms with E-state index in [1.54, 1.807) is 0 Å². The third-order valence-electron chi connectivity index (χ3n) is 2.78. The zero-order valence-electron chi connectivity index (χ0n) is 11.5. The van der Waals surface area contributed by atoms with Crippen LogP contribution in [0.1, 0.15) is 20.8 Å². The molecule has 0 saturated carbocycles. The van der Waals surface area contributed by atoms with Crippen molar-refractivity contribution < 1.29 is 4.79 Å². The van der Waals surface area contributed by atoms with Crippen LogP contribution >= 0.6 is 11.8 Å². The molecule has 0 amide bonds. The normalized spacial score (nSPS) is 11.3. The molecule has 0 aliphatic carbocycles. The van der Waals surface area contributed by atoms with E-state index in [4.69, 9.17) is 0 Å². The van der Waals surface area contributed by atoms with Crippen LogP contribution < -0.4 is 0 Å². The minimum Gasteiger partial charge on any atom is -0.286 e. The predicted octanol–water partition coefficient (Wildman–Crippen LogP) is 5.02. The van der Waals surface area contributed by atoms with Crippen molar-refractivity contribution in [2.75, 3.05) is 0 Å². The highest BCUT2D eigenvalue weighted by Crippen LogP contribution is 2.30. The van der Waals surface area contributed by atoms with E-state index in [9.17, 15) is 4.79 Å². The minimum atomic E-state index is -0.303. The van der Waals surface area contributed by atoms with Gasteiger partial charge in [-0.15, -0.1) is 0 Å². The first-order valence-electron chi connectivity index (χ1n) is 6.34. The summed E-state index contributed by atoms with van der Waals surface area (Å²) in [4.78, 5) is 13.0. The first-order chi connectivity index (χ1) is 8.97. The molecular formula is C17H18OS. The van der Waals surface area contributed by atoms with Gasteiger partial charge in [0.15, 0.2) is 5.12 Å². The third-order valence-corrected chi connectivity index (χ3v) is 4.09. The first-order valence-corrected chi connectivity index (χ1v) is 7.16. The van der Waals surface area contributed by atoms with Crippen molar-refractivity contribution >= 4 is 16.9 Å². The number of carbonyl (C=O) groups is 1. The maximum Gasteiger partial charge on any atom is 0.198 e. The smallest absolute Gasteiger partial charge is 0.198 e. The van der Waals surface area contributed by atoms with Crippen molar-refractivity contribution in [3.8, 4) is 11.1 Å². The fourth-order valence-electron chi connectivity index (χ4n) is 1.61. The Morgan fingerprint density at radius 3 is 1.89 bits per heavy atom. The van der Waals surface area contributed by atoms with Gasteiger partial charge in [-0.2, -0.15) is 0 Å². The lowest BCUT2D eigenvalue weighted by Gasteiger charge is -2.15. The van der Waals surface area contributed by atoms with Crippen molar-refractivity contribution in [2.24, 2.45) is 5.41 Å². The number of rotatable bonds is 2. The SMILES string of the molecule is CC(C)(C)C(=O)Sc1ccc(-c2ccccc2)cc1. The van der Waals surface area contributed by atoms with Crippen LogP contribution in [0.15, 0.2) is 59.5 Å². The topological polar surface area (TPSA) is 17.1 Å². The van der Waals surface area contributed by atoms with Crippen LogP contribution in [-0.2, 0) is 4.79 Å². The van der Waals surface area contributed by atoms with Crippen LogP contribution in [0.25, 0.3) is 11.1 Å². The Balaban J connectivity index is 2.14. The Labute approximate surface area is 119 Å². The van der Waals surface area contributed by atoms with Gasteiger partial charge in [0.2, 0.25) is 0 Å². The predicted molar refractivity (Wildman–Crippen MR) is 82.2 cm³/mol. The van der Waals surface area contributed by atoms with Gasteiger partial charge in [0.1, 0.15) is 0 Å². The molecule has 1 nitrogen and oxygen atoms in total. The lowest BCUT2D eigenvalue weighted by atomic mass is 10.00. The Bertz CT molecular complexity index is 550. The maximum atomic E-state index is 12.0. The number of benzene rings is 2. The summed E-state index contributed by atoms with van der Waals surface area (Å²) in [5.41, 5.74) is 2.07. The van der Waals surface area contributed by atoms with Gasteiger partial charge in [-0.3, -0.25) is 4.79 Å². The molecule has 0 atom stereocenters. The average Bonchev–Trinajstić information content (AvgIpc) is 2.39. The largest absolute Gasteiger partial charge is 0.286 e. The van der Waals surface area contributed by atoms with Gasteiger partial charge in [-0.05, 0) is 23.3 Å². The molecule has 0 spiro atoms. The Morgan fingerprint density at radius 2 is 1.37 bits per heavy atom. The second-order valence-corrected chi connectivity index (χ2v) is 6.58. The maximum absolute atomic E-state index is 12.0. The highest BCUT2D eigenvalue weighted by molar-refractivity contribution is 8.13. The van der Waals surface area contributed by atoms with Crippen molar-refractivity contribution in [3.63, 3.8) is 0 Å². The van der Waals surface area contributed by atoms with Crippen LogP contribution in [-0.4, -0.2) is 5.12 Å². The molecule has 0 unspecified atom stereocenters. The van der Waals surface area contributed by atoms with E-state index in [1.165, 1.54) is 22.9 Å². The molecule has 0 aromatic heterocycles. The van der Waals surface area contributed by atoms with E-state index in [0.29, 0.717) is 0 Å². The number of thioether (sulfide) groups is 1. The molecule has 0 bridgehead atoms. The Hall–Kier alpha value is -1.54. The standard InChI is InChI=1S/C17H18OS/c1-17(2,3)16(18)19-15-11-9-14(10-12-15)13-7-5-4-6-8-13/h4-12H,1-3H3. The molecule has 0 N–H and O–H groups in total. The van der Waals surface area contributed by atoms with E-state index in [-0.39, 0.29) is 10.5 Å². The molecule has 19 heavy (non-hydrogen) atoms. The molecule has 0 radical (unpaired) electrons. The van der Waals surface area contributed by atoms with Gasteiger partial charge in [-0.25, -0.2) is 0 Å². The number of hydrogen-bond donors (Lipinski definition) is 0.